The van der Waals surface area contributed by atoms with Gasteiger partial charge in [0.2, 0.25) is 23.7 Å². The van der Waals surface area contributed by atoms with Gasteiger partial charge in [0.05, 0.1) is 54.4 Å². The van der Waals surface area contributed by atoms with E-state index in [4.69, 9.17) is 29.2 Å². The van der Waals surface area contributed by atoms with Gasteiger partial charge in [0.1, 0.15) is 18.2 Å². The Morgan fingerprint density at radius 3 is 2.48 bits per heavy atom. The third-order valence-electron chi connectivity index (χ3n) is 14.1. The average Bonchev–Trinajstić information content (AvgIpc) is 4.22. The van der Waals surface area contributed by atoms with Crippen LogP contribution >= 0.6 is 11.3 Å². The quantitative estimate of drug-likeness (QED) is 0.0382. The fraction of sp³-hybridized carbons (Fsp3) is 0.448. The highest BCUT2D eigenvalue weighted by atomic mass is 32.1. The van der Waals surface area contributed by atoms with Crippen LogP contribution in [0.4, 0.5) is 11.6 Å². The van der Waals surface area contributed by atoms with E-state index in [0.29, 0.717) is 70.8 Å². The fourth-order valence-corrected chi connectivity index (χ4v) is 10.7. The van der Waals surface area contributed by atoms with Crippen molar-refractivity contribution in [2.45, 2.75) is 111 Å². The minimum Gasteiger partial charge on any atom is -0.459 e. The van der Waals surface area contributed by atoms with E-state index in [1.54, 1.807) is 20.8 Å². The van der Waals surface area contributed by atoms with Gasteiger partial charge >= 0.3 is 6.01 Å². The van der Waals surface area contributed by atoms with Crippen LogP contribution in [-0.2, 0) is 36.9 Å². The highest BCUT2D eigenvalue weighted by Gasteiger charge is 2.42. The summed E-state index contributed by atoms with van der Waals surface area (Å²) < 4.78 is 19.7. The molecule has 0 spiro atoms. The molecule has 3 atom stereocenters. The number of aromatic nitrogens is 6. The molecule has 19 heteroatoms. The molecular weight excluding hydrogens is 993 g/mol. The van der Waals surface area contributed by atoms with Gasteiger partial charge in [-0.05, 0) is 90.8 Å². The number of amides is 3. The van der Waals surface area contributed by atoms with E-state index in [2.05, 4.69) is 80.8 Å². The third kappa shape index (κ3) is 13.7. The van der Waals surface area contributed by atoms with E-state index in [1.165, 1.54) is 0 Å². The van der Waals surface area contributed by atoms with Gasteiger partial charge < -0.3 is 45.7 Å². The number of anilines is 2. The highest BCUT2D eigenvalue weighted by Crippen LogP contribution is 2.33. The van der Waals surface area contributed by atoms with Crippen LogP contribution < -0.4 is 31.3 Å². The first kappa shape index (κ1) is 54.7. The number of thiazole rings is 1. The van der Waals surface area contributed by atoms with Gasteiger partial charge in [-0.2, -0.15) is 19.6 Å². The molecule has 3 amide bonds. The molecule has 3 aromatic carbocycles. The number of pyridine rings is 1. The Morgan fingerprint density at radius 2 is 1.71 bits per heavy atom. The van der Waals surface area contributed by atoms with Crippen LogP contribution in [0.1, 0.15) is 95.0 Å². The van der Waals surface area contributed by atoms with Crippen molar-refractivity contribution in [1.82, 2.24) is 50.4 Å². The monoisotopic (exact) mass is 1060 g/mol. The van der Waals surface area contributed by atoms with Crippen molar-refractivity contribution in [1.29, 1.82) is 0 Å². The Kier molecular flexibility index (Phi) is 18.0. The molecular formula is C58H72N12O6S. The second-order valence-corrected chi connectivity index (χ2v) is 22.0. The summed E-state index contributed by atoms with van der Waals surface area (Å²) in [6, 6.07) is 23.6. The number of ether oxygens (including phenoxy) is 3. The van der Waals surface area contributed by atoms with Crippen molar-refractivity contribution in [3.05, 3.63) is 113 Å². The number of carbonyl (C=O) groups excluding carboxylic acids is 3. The first-order valence-corrected chi connectivity index (χ1v) is 27.8. The summed E-state index contributed by atoms with van der Waals surface area (Å²) in [4.78, 5) is 62.3. The van der Waals surface area contributed by atoms with Crippen molar-refractivity contribution >= 4 is 57.1 Å². The van der Waals surface area contributed by atoms with Gasteiger partial charge in [0.25, 0.3) is 0 Å². The minimum atomic E-state index is -0.808. The lowest BCUT2D eigenvalue weighted by molar-refractivity contribution is -0.144. The number of piperidine rings is 1. The van der Waals surface area contributed by atoms with Crippen LogP contribution in [0.15, 0.2) is 90.7 Å². The summed E-state index contributed by atoms with van der Waals surface area (Å²) in [6.45, 7) is 16.9. The topological polar surface area (TPSA) is 211 Å². The van der Waals surface area contributed by atoms with Crippen LogP contribution in [0.25, 0.3) is 38.1 Å². The van der Waals surface area contributed by atoms with Crippen molar-refractivity contribution in [3.8, 4) is 27.7 Å². The first-order chi connectivity index (χ1) is 37.3. The van der Waals surface area contributed by atoms with Crippen molar-refractivity contribution in [2.24, 2.45) is 5.41 Å². The molecule has 7 aromatic rings. The van der Waals surface area contributed by atoms with Crippen molar-refractivity contribution in [2.75, 3.05) is 63.2 Å². The summed E-state index contributed by atoms with van der Waals surface area (Å²) in [7, 11) is 0. The lowest BCUT2D eigenvalue weighted by Gasteiger charge is -2.35. The van der Waals surface area contributed by atoms with E-state index in [0.717, 1.165) is 92.1 Å². The molecule has 0 aliphatic carbocycles. The number of aryl methyl sites for hydroxylation is 1. The maximum atomic E-state index is 14.0. The average molecular weight is 1070 g/mol. The Balaban J connectivity index is 0.706. The number of benzene rings is 3. The number of likely N-dealkylation sites (tertiary alicyclic amines) is 1. The largest absolute Gasteiger partial charge is 0.459 e. The molecule has 406 valence electrons. The number of nitrogens with one attached hydrogen (secondary N) is 5. The lowest BCUT2D eigenvalue weighted by atomic mass is 9.85. The number of carbonyl (C=O) groups is 3. The SMILES string of the molecule is Cc1ncsc1-c1ccc(CNC(=O)[C@@H]2CCCN2C(=O)[C@@H](NC(=O)CCOCCOCCNc2ccc3c(-c4ccccc4CNc4nc(O[C@@H]5CCCNC5)nc5c(C(C)C)cnn45)nccc3c2)C(C)(C)C)cc1. The van der Waals surface area contributed by atoms with Crippen LogP contribution in [0.3, 0.4) is 0 Å². The second-order valence-electron chi connectivity index (χ2n) is 21.2. The molecule has 9 rings (SSSR count). The van der Waals surface area contributed by atoms with E-state index in [-0.39, 0.29) is 42.8 Å². The zero-order chi connectivity index (χ0) is 53.9. The molecule has 77 heavy (non-hydrogen) atoms. The van der Waals surface area contributed by atoms with Crippen molar-refractivity contribution < 1.29 is 28.6 Å². The maximum Gasteiger partial charge on any atom is 0.322 e. The van der Waals surface area contributed by atoms with Gasteiger partial charge in [-0.25, -0.2) is 4.98 Å². The molecule has 2 aliphatic heterocycles. The summed E-state index contributed by atoms with van der Waals surface area (Å²) >= 11 is 1.60. The molecule has 5 N–H and O–H groups in total. The third-order valence-corrected chi connectivity index (χ3v) is 15.1. The lowest BCUT2D eigenvalue weighted by Crippen LogP contribution is -2.57. The van der Waals surface area contributed by atoms with Gasteiger partial charge in [-0.1, -0.05) is 89.2 Å². The van der Waals surface area contributed by atoms with Gasteiger partial charge in [-0.15, -0.1) is 11.3 Å². The summed E-state index contributed by atoms with van der Waals surface area (Å²) in [5.74, 6) is 0.0464. The smallest absolute Gasteiger partial charge is 0.322 e. The normalized spacial score (nSPS) is 16.2. The molecule has 2 aliphatic rings. The molecule has 2 fully saturated rings. The van der Waals surface area contributed by atoms with E-state index < -0.39 is 17.5 Å². The van der Waals surface area contributed by atoms with Gasteiger partial charge in [0.15, 0.2) is 5.65 Å². The standard InChI is InChI=1S/C58H72N12O6S/c1-37(2)47-35-65-70-53(47)67-57(76-44-12-9-23-59-34-44)68-56(70)63-33-42-11-7-8-13-45(42)50-46-20-19-43(31-41(46)21-24-61-50)60-25-28-75-30-29-74-27-22-49(71)66-52(58(4,5)6)55(73)69-26-10-14-48(69)54(72)62-32-39-15-17-40(18-16-39)51-38(3)64-36-77-51/h7-8,11,13,15-21,24,31,35-37,44,48,52,59-60H,9-10,12,14,22-23,25-30,32-34H2,1-6H3,(H,62,72)(H,66,71)(H,63,67,68)/t44-,48+,52-/m1/s1. The van der Waals surface area contributed by atoms with Gasteiger partial charge in [-0.3, -0.25) is 19.4 Å². The molecule has 0 saturated carbocycles. The predicted octanol–water partition coefficient (Wildman–Crippen LogP) is 8.31. The van der Waals surface area contributed by atoms with Crippen LogP contribution in [0, 0.1) is 12.3 Å². The van der Waals surface area contributed by atoms with Gasteiger partial charge in [0, 0.05) is 67.5 Å². The Hall–Kier alpha value is -7.06. The number of hydrogen-bond acceptors (Lipinski definition) is 15. The molecule has 2 saturated heterocycles. The molecule has 6 heterocycles. The Bertz CT molecular complexity index is 3130. The second kappa shape index (κ2) is 25.4. The van der Waals surface area contributed by atoms with E-state index in [9.17, 15) is 14.4 Å². The number of nitrogens with zero attached hydrogens (tertiary/aromatic N) is 7. The zero-order valence-corrected chi connectivity index (χ0v) is 45.9. The predicted molar refractivity (Wildman–Crippen MR) is 301 cm³/mol. The van der Waals surface area contributed by atoms with Crippen LogP contribution in [-0.4, -0.2) is 123 Å². The summed E-state index contributed by atoms with van der Waals surface area (Å²) in [6.07, 6.45) is 7.07. The van der Waals surface area contributed by atoms with Crippen LogP contribution in [0.5, 0.6) is 6.01 Å². The molecule has 0 bridgehead atoms. The maximum absolute atomic E-state index is 14.0. The number of fused-ring (bicyclic) bond motifs is 2. The Morgan fingerprint density at radius 1 is 0.896 bits per heavy atom. The Labute approximate surface area is 454 Å². The molecule has 0 unspecified atom stereocenters. The molecule has 0 radical (unpaired) electrons. The minimum absolute atomic E-state index is 0.00848. The van der Waals surface area contributed by atoms with Crippen molar-refractivity contribution in [3.63, 3.8) is 0 Å². The van der Waals surface area contributed by atoms with E-state index >= 15 is 0 Å². The summed E-state index contributed by atoms with van der Waals surface area (Å²) in [5.41, 5.74) is 9.96. The fourth-order valence-electron chi connectivity index (χ4n) is 9.87. The molecule has 4 aromatic heterocycles. The van der Waals surface area contributed by atoms with E-state index in [1.807, 2.05) is 88.1 Å². The number of hydrogen-bond donors (Lipinski definition) is 5. The van der Waals surface area contributed by atoms with Crippen LogP contribution in [0.2, 0.25) is 0 Å². The molecule has 18 nitrogen and oxygen atoms in total. The zero-order valence-electron chi connectivity index (χ0n) is 45.1. The first-order valence-electron chi connectivity index (χ1n) is 26.9. The summed E-state index contributed by atoms with van der Waals surface area (Å²) in [5, 5.41) is 23.2. The number of rotatable bonds is 23. The highest BCUT2D eigenvalue weighted by molar-refractivity contribution is 7.13.